The van der Waals surface area contributed by atoms with Crippen molar-refractivity contribution in [1.82, 2.24) is 35.4 Å². The Kier molecular flexibility index (Phi) is 19.0. The van der Waals surface area contributed by atoms with Crippen LogP contribution in [0.15, 0.2) is 72.2 Å². The number of aliphatic hydroxyl groups excluding tert-OH is 1. The molecule has 3 aromatic heterocycles. The van der Waals surface area contributed by atoms with E-state index in [1.54, 1.807) is 11.3 Å². The maximum absolute atomic E-state index is 14.4. The van der Waals surface area contributed by atoms with E-state index >= 15 is 0 Å². The van der Waals surface area contributed by atoms with Crippen LogP contribution in [0, 0.1) is 35.5 Å². The molecular formula is C67H77N9O8S3. The molecule has 6 aromatic rings. The quantitative estimate of drug-likeness (QED) is 0.0385. The smallest absolute Gasteiger partial charge is 0.357 e. The van der Waals surface area contributed by atoms with Crippen molar-refractivity contribution in [3.63, 3.8) is 0 Å². The predicted molar refractivity (Wildman–Crippen MR) is 341 cm³/mol. The average Bonchev–Trinajstić information content (AvgIpc) is 2.69. The number of hydrogen-bond acceptors (Lipinski definition) is 16. The number of esters is 1. The zero-order valence-corrected chi connectivity index (χ0v) is 52.7. The highest BCUT2D eigenvalue weighted by molar-refractivity contribution is 7.16. The van der Waals surface area contributed by atoms with Crippen LogP contribution in [0.25, 0.3) is 22.6 Å². The van der Waals surface area contributed by atoms with E-state index in [4.69, 9.17) is 14.5 Å². The molecule has 4 amide bonds. The van der Waals surface area contributed by atoms with Gasteiger partial charge in [-0.25, -0.2) is 19.7 Å². The number of methoxy groups -OCH3 is 1. The molecule has 17 nitrogen and oxygen atoms in total. The highest BCUT2D eigenvalue weighted by Crippen LogP contribution is 2.46. The molecule has 3 aromatic carbocycles. The standard InChI is InChI=1S/C67H77N9O8S3/c1-42-57(85-41-69-42)46-21-17-44(18-22-46)38-68-61(80)53-37-48(77)39-76(53)62(81)58(66(2,3)4)72-59(78)47-25-28-67(29-26-47)30-34-74(35-31-67)32-9-11-43-19-23-49(24-20-43)84-36-10-16-55-56(63(82)83-5)71-65(87-55)75-33-27-45-12-8-13-50(51(45)40-75)60(79)73-64-70-52-14-6-7-15-54(52)86-64/h8,12-15,17-24,41,47-48,53,58,77H,6-7,10,16,25-40H2,1-5H3,(H,68,80)(H,72,78)(H,70,73,79)/t48-,53+,58-/m1/s1. The highest BCUT2D eigenvalue weighted by atomic mass is 32.1. The van der Waals surface area contributed by atoms with Crippen LogP contribution in [-0.2, 0) is 45.1 Å². The molecule has 4 N–H and O–H groups in total. The molecule has 1 saturated carbocycles. The van der Waals surface area contributed by atoms with E-state index in [-0.39, 0.29) is 54.5 Å². The lowest BCUT2D eigenvalue weighted by atomic mass is 9.65. The second kappa shape index (κ2) is 27.0. The third kappa shape index (κ3) is 14.5. The van der Waals surface area contributed by atoms with Gasteiger partial charge >= 0.3 is 5.97 Å². The predicted octanol–water partition coefficient (Wildman–Crippen LogP) is 8.43. The zero-order valence-electron chi connectivity index (χ0n) is 50.2. The van der Waals surface area contributed by atoms with Crippen molar-refractivity contribution in [2.75, 3.05) is 56.7 Å². The zero-order chi connectivity index (χ0) is 60.8. The number of aliphatic hydroxyl groups is 1. The topological polar surface area (TPSA) is 209 Å². The Labute approximate surface area is 520 Å². The Bertz CT molecular complexity index is 3660. The lowest BCUT2D eigenvalue weighted by Crippen LogP contribution is -2.58. The number of nitrogens with zero attached hydrogens (tertiary/aromatic N) is 6. The van der Waals surface area contributed by atoms with Crippen LogP contribution in [0.4, 0.5) is 10.3 Å². The molecule has 456 valence electrons. The summed E-state index contributed by atoms with van der Waals surface area (Å²) < 4.78 is 12.4. The maximum atomic E-state index is 14.4. The minimum absolute atomic E-state index is 0.0299. The fourth-order valence-electron chi connectivity index (χ4n) is 12.7. The van der Waals surface area contributed by atoms with Crippen molar-refractivity contribution < 1.29 is 38.6 Å². The first kappa shape index (κ1) is 61.4. The summed E-state index contributed by atoms with van der Waals surface area (Å²) in [5.41, 5.74) is 8.23. The number of aromatic nitrogens is 3. The van der Waals surface area contributed by atoms with E-state index < -0.39 is 29.6 Å². The Morgan fingerprint density at radius 1 is 0.908 bits per heavy atom. The largest absolute Gasteiger partial charge is 0.494 e. The summed E-state index contributed by atoms with van der Waals surface area (Å²) in [4.78, 5) is 90.4. The Morgan fingerprint density at radius 2 is 1.68 bits per heavy atom. The maximum Gasteiger partial charge on any atom is 0.357 e. The van der Waals surface area contributed by atoms with Crippen LogP contribution in [0.2, 0.25) is 0 Å². The molecule has 2 aliphatic carbocycles. The van der Waals surface area contributed by atoms with Gasteiger partial charge in [-0.3, -0.25) is 29.4 Å². The first-order valence-electron chi connectivity index (χ1n) is 30.4. The van der Waals surface area contributed by atoms with Gasteiger partial charge in [-0.05, 0) is 154 Å². The molecule has 20 heteroatoms. The van der Waals surface area contributed by atoms with Crippen LogP contribution in [-0.4, -0.2) is 124 Å². The van der Waals surface area contributed by atoms with Crippen LogP contribution >= 0.6 is 34.0 Å². The molecule has 0 unspecified atom stereocenters. The van der Waals surface area contributed by atoms with Gasteiger partial charge in [0.1, 0.15) is 17.8 Å². The van der Waals surface area contributed by atoms with Crippen molar-refractivity contribution in [2.24, 2.45) is 16.7 Å². The SMILES string of the molecule is COC(=O)c1nc(N2CCc3cccc(C(=O)Nc4nc5c(s4)=CCCC=5)c3C2)sc1CCCOc1ccc(C#CCN2CCC3(CCC(C(=O)N[C@H](C(=O)N4C[C@H](O)C[C@H]4C(=O)NCc4ccc(-c5scnc5C)cc4)C(C)(C)C)CC3)CC2)cc1. The summed E-state index contributed by atoms with van der Waals surface area (Å²) in [6.07, 6.45) is 13.0. The Balaban J connectivity index is 0.605. The second-order valence-corrected chi connectivity index (χ2v) is 27.7. The third-order valence-electron chi connectivity index (χ3n) is 17.8. The van der Waals surface area contributed by atoms with Gasteiger partial charge in [-0.2, -0.15) is 0 Å². The molecule has 0 radical (unpaired) electrons. The van der Waals surface area contributed by atoms with Gasteiger partial charge in [0.15, 0.2) is 16.0 Å². The van der Waals surface area contributed by atoms with E-state index in [0.29, 0.717) is 55.5 Å². The number of thiazole rings is 3. The van der Waals surface area contributed by atoms with E-state index in [1.807, 2.05) is 93.9 Å². The summed E-state index contributed by atoms with van der Waals surface area (Å²) in [5, 5.41) is 22.2. The fourth-order valence-corrected chi connectivity index (χ4v) is 15.5. The molecule has 0 bridgehead atoms. The van der Waals surface area contributed by atoms with Gasteiger partial charge in [0.2, 0.25) is 17.7 Å². The molecule has 11 rings (SSSR count). The number of aryl methyl sites for hydroxylation is 2. The minimum atomic E-state index is -0.864. The van der Waals surface area contributed by atoms with Crippen molar-refractivity contribution in [3.8, 4) is 28.0 Å². The van der Waals surface area contributed by atoms with Crippen LogP contribution in [0.1, 0.15) is 139 Å². The van der Waals surface area contributed by atoms with E-state index in [2.05, 4.69) is 65.8 Å². The summed E-state index contributed by atoms with van der Waals surface area (Å²) in [7, 11) is 1.37. The summed E-state index contributed by atoms with van der Waals surface area (Å²) in [5.74, 6) is 5.79. The number of β-amino-alcohol motifs (C(OH)–C–C–N with tert-alkyl or cyclic N) is 1. The lowest BCUT2D eigenvalue weighted by molar-refractivity contribution is -0.145. The van der Waals surface area contributed by atoms with Gasteiger partial charge in [-0.15, -0.1) is 22.7 Å². The summed E-state index contributed by atoms with van der Waals surface area (Å²) in [6.45, 7) is 12.3. The molecule has 3 aliphatic heterocycles. The van der Waals surface area contributed by atoms with Crippen molar-refractivity contribution in [2.45, 2.75) is 136 Å². The van der Waals surface area contributed by atoms with E-state index in [9.17, 15) is 29.1 Å². The van der Waals surface area contributed by atoms with Crippen LogP contribution < -0.4 is 35.5 Å². The number of nitrogens with one attached hydrogen (secondary N) is 3. The highest BCUT2D eigenvalue weighted by Gasteiger charge is 2.46. The number of benzene rings is 3. The van der Waals surface area contributed by atoms with Crippen molar-refractivity contribution in [1.29, 1.82) is 0 Å². The number of likely N-dealkylation sites (tertiary alicyclic amines) is 2. The van der Waals surface area contributed by atoms with Gasteiger partial charge in [0.05, 0.1) is 52.3 Å². The average molecular weight is 1230 g/mol. The summed E-state index contributed by atoms with van der Waals surface area (Å²) >= 11 is 4.56. The number of carbonyl (C=O) groups excluding carboxylic acids is 5. The van der Waals surface area contributed by atoms with Gasteiger partial charge in [-0.1, -0.05) is 92.5 Å². The number of piperidine rings is 1. The number of fused-ring (bicyclic) bond motifs is 2. The van der Waals surface area contributed by atoms with Gasteiger partial charge in [0, 0.05) is 54.5 Å². The molecule has 3 atom stereocenters. The number of hydrogen-bond donors (Lipinski definition) is 4. The molecule has 6 heterocycles. The molecule has 87 heavy (non-hydrogen) atoms. The van der Waals surface area contributed by atoms with Gasteiger partial charge < -0.3 is 35.0 Å². The summed E-state index contributed by atoms with van der Waals surface area (Å²) in [6, 6.07) is 19.9. The molecule has 5 aliphatic rings. The first-order valence-corrected chi connectivity index (χ1v) is 32.9. The van der Waals surface area contributed by atoms with Gasteiger partial charge in [0.25, 0.3) is 5.91 Å². The van der Waals surface area contributed by atoms with Crippen molar-refractivity contribution in [3.05, 3.63) is 126 Å². The molecule has 1 spiro atoms. The first-order chi connectivity index (χ1) is 42.0. The molecule has 3 fully saturated rings. The molecular weight excluding hydrogens is 1150 g/mol. The van der Waals surface area contributed by atoms with Crippen molar-refractivity contribution >= 4 is 86.0 Å². The van der Waals surface area contributed by atoms with E-state index in [1.165, 1.54) is 34.7 Å². The fraction of sp³-hybridized carbons (Fsp3) is 0.463. The number of carbonyl (C=O) groups is 5. The Morgan fingerprint density at radius 3 is 2.40 bits per heavy atom. The normalized spacial score (nSPS) is 18.7. The number of anilines is 2. The van der Waals surface area contributed by atoms with E-state index in [0.717, 1.165) is 135 Å². The van der Waals surface area contributed by atoms with Crippen LogP contribution in [0.3, 0.4) is 0 Å². The number of ether oxygens (including phenoxy) is 2. The number of amides is 4. The third-order valence-corrected chi connectivity index (χ3v) is 21.0. The molecule has 2 saturated heterocycles. The van der Waals surface area contributed by atoms with Crippen LogP contribution in [0.5, 0.6) is 5.75 Å². The lowest BCUT2D eigenvalue weighted by Gasteiger charge is -2.45. The number of rotatable bonds is 17. The monoisotopic (exact) mass is 1230 g/mol. The second-order valence-electron chi connectivity index (χ2n) is 24.8. The Hall–Kier alpha value is -7.28. The minimum Gasteiger partial charge on any atom is -0.494 e.